The maximum absolute atomic E-state index is 14.1. The monoisotopic (exact) mass is 361 g/mol. The second-order valence-electron chi connectivity index (χ2n) is 4.19. The van der Waals surface area contributed by atoms with E-state index in [9.17, 15) is 4.39 Å². The van der Waals surface area contributed by atoms with Crippen LogP contribution >= 0.6 is 38.9 Å². The highest BCUT2D eigenvalue weighted by Crippen LogP contribution is 2.34. The average Bonchev–Trinajstić information content (AvgIpc) is 2.78. The largest absolute Gasteiger partial charge is 0.305 e. The molecule has 2 aromatic rings. The molecule has 0 fully saturated rings. The van der Waals surface area contributed by atoms with E-state index < -0.39 is 0 Å². The SMILES string of the molecule is CCCNC(c1ccc(Cl)cc1F)c1sccc1Br. The van der Waals surface area contributed by atoms with Crippen molar-refractivity contribution in [3.63, 3.8) is 0 Å². The lowest BCUT2D eigenvalue weighted by Gasteiger charge is -2.19. The summed E-state index contributed by atoms with van der Waals surface area (Å²) in [5.74, 6) is -0.276. The van der Waals surface area contributed by atoms with Gasteiger partial charge in [-0.25, -0.2) is 4.39 Å². The van der Waals surface area contributed by atoms with Crippen molar-refractivity contribution >= 4 is 38.9 Å². The van der Waals surface area contributed by atoms with Crippen LogP contribution < -0.4 is 5.32 Å². The third kappa shape index (κ3) is 3.57. The first kappa shape index (κ1) is 15.0. The molecule has 0 bridgehead atoms. The van der Waals surface area contributed by atoms with Gasteiger partial charge in [0, 0.05) is 19.9 Å². The molecule has 1 N–H and O–H groups in total. The summed E-state index contributed by atoms with van der Waals surface area (Å²) in [4.78, 5) is 1.08. The molecule has 0 amide bonds. The Morgan fingerprint density at radius 3 is 2.79 bits per heavy atom. The van der Waals surface area contributed by atoms with Gasteiger partial charge < -0.3 is 5.32 Å². The van der Waals surface area contributed by atoms with Gasteiger partial charge in [0.25, 0.3) is 0 Å². The van der Waals surface area contributed by atoms with Gasteiger partial charge in [0.1, 0.15) is 5.82 Å². The molecule has 0 saturated carbocycles. The summed E-state index contributed by atoms with van der Waals surface area (Å²) in [6, 6.07) is 6.67. The minimum atomic E-state index is -0.276. The summed E-state index contributed by atoms with van der Waals surface area (Å²) in [5.41, 5.74) is 0.626. The van der Waals surface area contributed by atoms with Crippen molar-refractivity contribution in [2.24, 2.45) is 0 Å². The van der Waals surface area contributed by atoms with Gasteiger partial charge in [0.05, 0.1) is 6.04 Å². The number of rotatable bonds is 5. The number of hydrogen-bond donors (Lipinski definition) is 1. The van der Waals surface area contributed by atoms with Gasteiger partial charge in [-0.05, 0) is 52.5 Å². The zero-order chi connectivity index (χ0) is 13.8. The molecule has 1 unspecified atom stereocenters. The van der Waals surface area contributed by atoms with E-state index in [4.69, 9.17) is 11.6 Å². The van der Waals surface area contributed by atoms with Gasteiger partial charge in [0.15, 0.2) is 0 Å². The summed E-state index contributed by atoms with van der Waals surface area (Å²) >= 11 is 10.9. The maximum Gasteiger partial charge on any atom is 0.129 e. The van der Waals surface area contributed by atoms with Gasteiger partial charge in [-0.3, -0.25) is 0 Å². The number of hydrogen-bond acceptors (Lipinski definition) is 2. The smallest absolute Gasteiger partial charge is 0.129 e. The van der Waals surface area contributed by atoms with Gasteiger partial charge in [-0.2, -0.15) is 0 Å². The van der Waals surface area contributed by atoms with Crippen molar-refractivity contribution in [2.45, 2.75) is 19.4 Å². The molecule has 102 valence electrons. The first-order chi connectivity index (χ1) is 9.13. The Morgan fingerprint density at radius 1 is 1.42 bits per heavy atom. The Labute approximate surface area is 129 Å². The molecule has 1 nitrogen and oxygen atoms in total. The topological polar surface area (TPSA) is 12.0 Å². The van der Waals surface area contributed by atoms with Crippen LogP contribution in [0, 0.1) is 5.82 Å². The fraction of sp³-hybridized carbons (Fsp3) is 0.286. The minimum Gasteiger partial charge on any atom is -0.305 e. The Morgan fingerprint density at radius 2 is 2.21 bits per heavy atom. The number of thiophene rings is 1. The quantitative estimate of drug-likeness (QED) is 0.751. The molecule has 1 heterocycles. The van der Waals surface area contributed by atoms with Crippen molar-refractivity contribution < 1.29 is 4.39 Å². The molecule has 1 aromatic heterocycles. The molecule has 0 aliphatic rings. The predicted molar refractivity (Wildman–Crippen MR) is 83.6 cm³/mol. The van der Waals surface area contributed by atoms with E-state index in [2.05, 4.69) is 28.2 Å². The van der Waals surface area contributed by atoms with Crippen molar-refractivity contribution in [2.75, 3.05) is 6.54 Å². The highest BCUT2D eigenvalue weighted by molar-refractivity contribution is 9.10. The lowest BCUT2D eigenvalue weighted by atomic mass is 10.0. The van der Waals surface area contributed by atoms with Crippen molar-refractivity contribution in [1.29, 1.82) is 0 Å². The summed E-state index contributed by atoms with van der Waals surface area (Å²) in [6.07, 6.45) is 0.995. The first-order valence-corrected chi connectivity index (χ1v) is 8.09. The standard InChI is InChI=1S/C14H14BrClFNS/c1-2-6-18-13(14-11(15)5-7-19-14)10-4-3-9(16)8-12(10)17/h3-5,7-8,13,18H,2,6H2,1H3. The molecular formula is C14H14BrClFNS. The number of halogens is 3. The van der Waals surface area contributed by atoms with E-state index in [1.54, 1.807) is 23.5 Å². The molecule has 1 aromatic carbocycles. The van der Waals surface area contributed by atoms with Crippen LogP contribution in [0.3, 0.4) is 0 Å². The molecule has 0 saturated heterocycles. The van der Waals surface area contributed by atoms with Crippen LogP contribution in [-0.2, 0) is 0 Å². The number of nitrogens with one attached hydrogen (secondary N) is 1. The molecule has 2 rings (SSSR count). The highest BCUT2D eigenvalue weighted by atomic mass is 79.9. The van der Waals surface area contributed by atoms with E-state index in [-0.39, 0.29) is 11.9 Å². The summed E-state index contributed by atoms with van der Waals surface area (Å²) < 4.78 is 15.1. The third-order valence-electron chi connectivity index (χ3n) is 2.78. The van der Waals surface area contributed by atoms with E-state index in [1.807, 2.05) is 11.4 Å². The third-order valence-corrected chi connectivity index (χ3v) is 4.95. The Balaban J connectivity index is 2.40. The van der Waals surface area contributed by atoms with Crippen LogP contribution in [0.4, 0.5) is 4.39 Å². The summed E-state index contributed by atoms with van der Waals surface area (Å²) in [7, 11) is 0. The molecule has 5 heteroatoms. The van der Waals surface area contributed by atoms with Gasteiger partial charge in [0.2, 0.25) is 0 Å². The number of benzene rings is 1. The van der Waals surface area contributed by atoms with E-state index in [1.165, 1.54) is 6.07 Å². The Hall–Kier alpha value is -0.420. The normalized spacial score (nSPS) is 12.6. The zero-order valence-corrected chi connectivity index (χ0v) is 13.6. The average molecular weight is 363 g/mol. The van der Waals surface area contributed by atoms with Gasteiger partial charge in [-0.15, -0.1) is 11.3 Å². The molecule has 19 heavy (non-hydrogen) atoms. The van der Waals surface area contributed by atoms with E-state index in [0.29, 0.717) is 10.6 Å². The summed E-state index contributed by atoms with van der Waals surface area (Å²) in [5, 5.41) is 5.80. The predicted octanol–water partition coefficient (Wildman–Crippen LogP) is 5.39. The molecular weight excluding hydrogens is 349 g/mol. The van der Waals surface area contributed by atoms with Crippen LogP contribution in [0.15, 0.2) is 34.1 Å². The van der Waals surface area contributed by atoms with Crippen LogP contribution in [0.5, 0.6) is 0 Å². The zero-order valence-electron chi connectivity index (χ0n) is 10.4. The van der Waals surface area contributed by atoms with Crippen molar-refractivity contribution in [3.05, 3.63) is 55.4 Å². The summed E-state index contributed by atoms with van der Waals surface area (Å²) in [6.45, 7) is 2.92. The highest BCUT2D eigenvalue weighted by Gasteiger charge is 2.20. The van der Waals surface area contributed by atoms with Crippen molar-refractivity contribution in [3.8, 4) is 0 Å². The van der Waals surface area contributed by atoms with Crippen LogP contribution in [-0.4, -0.2) is 6.54 Å². The van der Waals surface area contributed by atoms with Crippen LogP contribution in [0.25, 0.3) is 0 Å². The van der Waals surface area contributed by atoms with E-state index in [0.717, 1.165) is 22.3 Å². The second kappa shape index (κ2) is 6.84. The first-order valence-electron chi connectivity index (χ1n) is 6.04. The minimum absolute atomic E-state index is 0.147. The second-order valence-corrected chi connectivity index (χ2v) is 6.42. The molecule has 1 atom stereocenters. The molecule has 0 aliphatic heterocycles. The molecule has 0 spiro atoms. The van der Waals surface area contributed by atoms with E-state index >= 15 is 0 Å². The molecule has 0 radical (unpaired) electrons. The van der Waals surface area contributed by atoms with Crippen molar-refractivity contribution in [1.82, 2.24) is 5.32 Å². The van der Waals surface area contributed by atoms with Crippen LogP contribution in [0.1, 0.15) is 29.8 Å². The van der Waals surface area contributed by atoms with Crippen LogP contribution in [0.2, 0.25) is 5.02 Å². The Kier molecular flexibility index (Phi) is 5.39. The lowest BCUT2D eigenvalue weighted by molar-refractivity contribution is 0.550. The fourth-order valence-electron chi connectivity index (χ4n) is 1.88. The Bertz CT molecular complexity index is 558. The fourth-order valence-corrected chi connectivity index (χ4v) is 3.73. The maximum atomic E-state index is 14.1. The lowest BCUT2D eigenvalue weighted by Crippen LogP contribution is -2.23. The molecule has 0 aliphatic carbocycles. The van der Waals surface area contributed by atoms with Gasteiger partial charge >= 0.3 is 0 Å². The van der Waals surface area contributed by atoms with Gasteiger partial charge in [-0.1, -0.05) is 24.6 Å².